The van der Waals surface area contributed by atoms with Gasteiger partial charge in [-0.3, -0.25) is 0 Å². The van der Waals surface area contributed by atoms with Gasteiger partial charge in [-0.2, -0.15) is 0 Å². The van der Waals surface area contributed by atoms with Crippen LogP contribution in [0, 0.1) is 6.92 Å². The first-order valence-corrected chi connectivity index (χ1v) is 12.2. The molecule has 35 heavy (non-hydrogen) atoms. The number of pyridine rings is 1. The van der Waals surface area contributed by atoms with E-state index in [1.165, 1.54) is 38.8 Å². The molecule has 1 aliphatic carbocycles. The van der Waals surface area contributed by atoms with Crippen LogP contribution in [0.25, 0.3) is 44.3 Å². The van der Waals surface area contributed by atoms with Gasteiger partial charge in [-0.1, -0.05) is 78.9 Å². The predicted octanol–water partition coefficient (Wildman–Crippen LogP) is 7.72. The third kappa shape index (κ3) is 2.62. The summed E-state index contributed by atoms with van der Waals surface area (Å²) in [5.41, 5.74) is 11.7. The first-order chi connectivity index (χ1) is 17.1. The van der Waals surface area contributed by atoms with Crippen LogP contribution >= 0.6 is 0 Å². The molecule has 0 saturated carbocycles. The summed E-state index contributed by atoms with van der Waals surface area (Å²) in [4.78, 5) is 0. The highest BCUT2D eigenvalue weighted by Crippen LogP contribution is 2.54. The van der Waals surface area contributed by atoms with Crippen molar-refractivity contribution in [3.8, 4) is 22.4 Å². The average Bonchev–Trinajstić information content (AvgIpc) is 3.39. The molecule has 2 nitrogen and oxygen atoms in total. The number of furan rings is 1. The van der Waals surface area contributed by atoms with Gasteiger partial charge >= 0.3 is 0 Å². The lowest BCUT2D eigenvalue weighted by atomic mass is 9.74. The fraction of sp³-hybridized carbons (Fsp3) is 0.121. The predicted molar refractivity (Wildman–Crippen MR) is 143 cm³/mol. The Labute approximate surface area is 205 Å². The van der Waals surface area contributed by atoms with Gasteiger partial charge in [0.25, 0.3) is 0 Å². The second-order valence-electron chi connectivity index (χ2n) is 9.83. The molecular weight excluding hydrogens is 426 g/mol. The Morgan fingerprint density at radius 3 is 1.97 bits per heavy atom. The van der Waals surface area contributed by atoms with Crippen LogP contribution in [-0.2, 0) is 12.5 Å². The van der Waals surface area contributed by atoms with E-state index < -0.39 is 0 Å². The van der Waals surface area contributed by atoms with Crippen molar-refractivity contribution in [1.82, 2.24) is 0 Å². The minimum Gasteiger partial charge on any atom is -0.455 e. The number of nitrogens with zero attached hydrogens (tertiary/aromatic N) is 1. The minimum atomic E-state index is -0.298. The van der Waals surface area contributed by atoms with Crippen LogP contribution in [0.15, 0.2) is 108 Å². The van der Waals surface area contributed by atoms with Crippen LogP contribution in [0.5, 0.6) is 0 Å². The van der Waals surface area contributed by atoms with E-state index in [0.717, 1.165) is 27.8 Å². The van der Waals surface area contributed by atoms with Crippen LogP contribution in [0.3, 0.4) is 0 Å². The van der Waals surface area contributed by atoms with Crippen molar-refractivity contribution in [3.05, 3.63) is 126 Å². The molecule has 6 aromatic rings. The summed E-state index contributed by atoms with van der Waals surface area (Å²) in [6.07, 6.45) is 2.09. The van der Waals surface area contributed by atoms with Crippen molar-refractivity contribution >= 4 is 21.9 Å². The van der Waals surface area contributed by atoms with E-state index in [4.69, 9.17) is 4.42 Å². The lowest BCUT2D eigenvalue weighted by Gasteiger charge is -2.28. The zero-order chi connectivity index (χ0) is 23.7. The van der Waals surface area contributed by atoms with E-state index in [1.807, 2.05) is 0 Å². The molecule has 1 aliphatic rings. The summed E-state index contributed by atoms with van der Waals surface area (Å²) in [7, 11) is 2.09. The molecule has 2 heterocycles. The quantitative estimate of drug-likeness (QED) is 0.246. The Balaban J connectivity index is 1.59. The number of para-hydroxylation sites is 1. The molecule has 168 valence electrons. The molecule has 0 radical (unpaired) electrons. The number of hydrogen-bond donors (Lipinski definition) is 0. The van der Waals surface area contributed by atoms with Gasteiger partial charge in [0.05, 0.1) is 5.56 Å². The number of aromatic nitrogens is 1. The lowest BCUT2D eigenvalue weighted by Crippen LogP contribution is -2.30. The van der Waals surface area contributed by atoms with Gasteiger partial charge < -0.3 is 4.42 Å². The Morgan fingerprint density at radius 2 is 1.26 bits per heavy atom. The average molecular weight is 453 g/mol. The van der Waals surface area contributed by atoms with Crippen LogP contribution in [-0.4, -0.2) is 0 Å². The summed E-state index contributed by atoms with van der Waals surface area (Å²) in [5, 5.41) is 2.33. The van der Waals surface area contributed by atoms with Crippen molar-refractivity contribution in [2.45, 2.75) is 19.3 Å². The highest BCUT2D eigenvalue weighted by molar-refractivity contribution is 6.11. The van der Waals surface area contributed by atoms with Crippen molar-refractivity contribution in [2.24, 2.45) is 7.05 Å². The largest absolute Gasteiger partial charge is 0.455 e. The maximum atomic E-state index is 6.90. The van der Waals surface area contributed by atoms with E-state index in [2.05, 4.69) is 129 Å². The van der Waals surface area contributed by atoms with Crippen LogP contribution in [0.4, 0.5) is 0 Å². The fourth-order valence-corrected chi connectivity index (χ4v) is 6.20. The van der Waals surface area contributed by atoms with Crippen molar-refractivity contribution in [1.29, 1.82) is 0 Å². The van der Waals surface area contributed by atoms with Crippen LogP contribution in [0.1, 0.15) is 29.2 Å². The molecule has 0 atom stereocenters. The van der Waals surface area contributed by atoms with Gasteiger partial charge in [0.15, 0.2) is 6.20 Å². The highest BCUT2D eigenvalue weighted by atomic mass is 16.3. The van der Waals surface area contributed by atoms with E-state index in [-0.39, 0.29) is 5.41 Å². The summed E-state index contributed by atoms with van der Waals surface area (Å²) in [5.74, 6) is 0. The topological polar surface area (TPSA) is 17.0 Å². The van der Waals surface area contributed by atoms with E-state index in [1.54, 1.807) is 0 Å². The Bertz CT molecular complexity index is 1740. The monoisotopic (exact) mass is 452 g/mol. The van der Waals surface area contributed by atoms with Crippen LogP contribution < -0.4 is 4.57 Å². The molecule has 0 amide bonds. The fourth-order valence-electron chi connectivity index (χ4n) is 6.20. The van der Waals surface area contributed by atoms with Crippen molar-refractivity contribution < 1.29 is 8.98 Å². The molecule has 0 N–H and O–H groups in total. The Hall–Kier alpha value is -4.17. The van der Waals surface area contributed by atoms with Gasteiger partial charge in [-0.05, 0) is 47.7 Å². The molecule has 0 bridgehead atoms. The van der Waals surface area contributed by atoms with Gasteiger partial charge in [-0.25, -0.2) is 4.57 Å². The molecule has 0 spiro atoms. The standard InChI is InChI=1S/C33H26NO/c1-21-18-19-25-24-13-10-16-28(31(24)35-32(25)30(21)29-17-8-9-20-34(29)3)33(2)26-14-6-4-11-22(26)23-12-5-7-15-27(23)33/h4-20H,1-3H3/q+1. The maximum absolute atomic E-state index is 6.90. The maximum Gasteiger partial charge on any atom is 0.216 e. The number of benzene rings is 4. The van der Waals surface area contributed by atoms with Gasteiger partial charge in [0, 0.05) is 33.9 Å². The first-order valence-electron chi connectivity index (χ1n) is 12.2. The zero-order valence-electron chi connectivity index (χ0n) is 20.2. The Morgan fingerprint density at radius 1 is 0.629 bits per heavy atom. The molecular formula is C33H26NO+. The third-order valence-corrected chi connectivity index (χ3v) is 7.95. The highest BCUT2D eigenvalue weighted by Gasteiger charge is 2.42. The van der Waals surface area contributed by atoms with E-state index in [0.29, 0.717) is 0 Å². The molecule has 4 aromatic carbocycles. The summed E-state index contributed by atoms with van der Waals surface area (Å²) >= 11 is 0. The molecule has 0 saturated heterocycles. The smallest absolute Gasteiger partial charge is 0.216 e. The zero-order valence-corrected chi connectivity index (χ0v) is 20.2. The molecule has 7 rings (SSSR count). The SMILES string of the molecule is Cc1ccc2c(oc3c(C4(C)c5ccccc5-c5ccccc54)cccc32)c1-c1cccc[n+]1C. The van der Waals surface area contributed by atoms with Gasteiger partial charge in [0.2, 0.25) is 5.69 Å². The summed E-state index contributed by atoms with van der Waals surface area (Å²) < 4.78 is 9.07. The van der Waals surface area contributed by atoms with E-state index in [9.17, 15) is 0 Å². The summed E-state index contributed by atoms with van der Waals surface area (Å²) in [6, 6.07) is 35.0. The van der Waals surface area contributed by atoms with Crippen LogP contribution in [0.2, 0.25) is 0 Å². The molecule has 0 aliphatic heterocycles. The number of fused-ring (bicyclic) bond motifs is 6. The first kappa shape index (κ1) is 20.2. The summed E-state index contributed by atoms with van der Waals surface area (Å²) in [6.45, 7) is 4.52. The normalized spacial score (nSPS) is 13.8. The number of aryl methyl sites for hydroxylation is 2. The van der Waals surface area contributed by atoms with Crippen molar-refractivity contribution in [2.75, 3.05) is 0 Å². The van der Waals surface area contributed by atoms with Crippen molar-refractivity contribution in [3.63, 3.8) is 0 Å². The number of hydrogen-bond acceptors (Lipinski definition) is 1. The van der Waals surface area contributed by atoms with Gasteiger partial charge in [-0.15, -0.1) is 0 Å². The van der Waals surface area contributed by atoms with Gasteiger partial charge in [0.1, 0.15) is 18.2 Å². The second kappa shape index (κ2) is 7.16. The molecule has 2 aromatic heterocycles. The van der Waals surface area contributed by atoms with E-state index >= 15 is 0 Å². The Kier molecular flexibility index (Phi) is 4.14. The second-order valence-corrected chi connectivity index (χ2v) is 9.83. The minimum absolute atomic E-state index is 0.298. The third-order valence-electron chi connectivity index (χ3n) is 7.95. The molecule has 0 fully saturated rings. The number of rotatable bonds is 2. The lowest BCUT2D eigenvalue weighted by molar-refractivity contribution is -0.660. The molecule has 0 unspecified atom stereocenters. The molecule has 2 heteroatoms.